The maximum atomic E-state index is 12.8. The van der Waals surface area contributed by atoms with Gasteiger partial charge in [-0.25, -0.2) is 0 Å². The maximum absolute atomic E-state index is 12.8. The Labute approximate surface area is 131 Å². The zero-order chi connectivity index (χ0) is 16.9. The number of halogens is 3. The fourth-order valence-electron chi connectivity index (χ4n) is 2.06. The van der Waals surface area contributed by atoms with Gasteiger partial charge < -0.3 is 10.4 Å². The van der Waals surface area contributed by atoms with Crippen molar-refractivity contribution >= 4 is 5.91 Å². The molecule has 7 heteroatoms. The summed E-state index contributed by atoms with van der Waals surface area (Å²) in [6.45, 7) is 0.0305. The minimum Gasteiger partial charge on any atom is -0.388 e. The SMILES string of the molecule is O=C(NCCC(O)c1ccccc1)c1ncccc1C(F)(F)F. The molecule has 0 aliphatic rings. The van der Waals surface area contributed by atoms with Crippen LogP contribution in [-0.4, -0.2) is 22.5 Å². The van der Waals surface area contributed by atoms with Gasteiger partial charge in [0.15, 0.2) is 0 Å². The van der Waals surface area contributed by atoms with Crippen LogP contribution >= 0.6 is 0 Å². The van der Waals surface area contributed by atoms with E-state index in [1.165, 1.54) is 0 Å². The molecule has 1 unspecified atom stereocenters. The van der Waals surface area contributed by atoms with E-state index in [0.29, 0.717) is 5.56 Å². The van der Waals surface area contributed by atoms with Gasteiger partial charge in [-0.3, -0.25) is 9.78 Å². The average Bonchev–Trinajstić information content (AvgIpc) is 2.54. The van der Waals surface area contributed by atoms with Crippen LogP contribution < -0.4 is 5.32 Å². The molecule has 1 heterocycles. The highest BCUT2D eigenvalue weighted by atomic mass is 19.4. The molecule has 122 valence electrons. The van der Waals surface area contributed by atoms with Gasteiger partial charge in [-0.15, -0.1) is 0 Å². The van der Waals surface area contributed by atoms with Crippen molar-refractivity contribution in [2.75, 3.05) is 6.54 Å². The fraction of sp³-hybridized carbons (Fsp3) is 0.250. The number of carbonyl (C=O) groups excluding carboxylic acids is 1. The molecule has 1 aromatic carbocycles. The van der Waals surface area contributed by atoms with Crippen LogP contribution in [0, 0.1) is 0 Å². The van der Waals surface area contributed by atoms with Crippen LogP contribution in [-0.2, 0) is 6.18 Å². The van der Waals surface area contributed by atoms with Crippen LogP contribution in [0.25, 0.3) is 0 Å². The minimum absolute atomic E-state index is 0.0305. The lowest BCUT2D eigenvalue weighted by molar-refractivity contribution is -0.138. The van der Waals surface area contributed by atoms with E-state index in [-0.39, 0.29) is 13.0 Å². The van der Waals surface area contributed by atoms with Crippen LogP contribution in [0.5, 0.6) is 0 Å². The second-order valence-corrected chi connectivity index (χ2v) is 4.87. The number of pyridine rings is 1. The number of hydrogen-bond acceptors (Lipinski definition) is 3. The Bertz CT molecular complexity index is 660. The Balaban J connectivity index is 1.96. The maximum Gasteiger partial charge on any atom is 0.418 e. The molecule has 23 heavy (non-hydrogen) atoms. The summed E-state index contributed by atoms with van der Waals surface area (Å²) in [5.74, 6) is -0.918. The third-order valence-electron chi connectivity index (χ3n) is 3.22. The van der Waals surface area contributed by atoms with Crippen LogP contribution in [0.3, 0.4) is 0 Å². The molecule has 0 aliphatic heterocycles. The number of aromatic nitrogens is 1. The van der Waals surface area contributed by atoms with E-state index in [2.05, 4.69) is 10.3 Å². The van der Waals surface area contributed by atoms with Gasteiger partial charge in [0, 0.05) is 12.7 Å². The number of nitrogens with one attached hydrogen (secondary N) is 1. The highest BCUT2D eigenvalue weighted by Crippen LogP contribution is 2.30. The summed E-state index contributed by atoms with van der Waals surface area (Å²) in [6, 6.07) is 10.7. The molecule has 0 spiro atoms. The molecule has 0 aliphatic carbocycles. The molecule has 1 atom stereocenters. The number of hydrogen-bond donors (Lipinski definition) is 2. The summed E-state index contributed by atoms with van der Waals surface area (Å²) >= 11 is 0. The van der Waals surface area contributed by atoms with E-state index in [9.17, 15) is 23.1 Å². The predicted octanol–water partition coefficient (Wildman–Crippen LogP) is 2.95. The molecule has 0 saturated heterocycles. The number of amides is 1. The molecular weight excluding hydrogens is 309 g/mol. The molecule has 2 aromatic rings. The van der Waals surface area contributed by atoms with Crippen molar-refractivity contribution in [3.63, 3.8) is 0 Å². The van der Waals surface area contributed by atoms with Crippen molar-refractivity contribution in [2.45, 2.75) is 18.7 Å². The zero-order valence-corrected chi connectivity index (χ0v) is 12.0. The number of aliphatic hydroxyl groups is 1. The number of aliphatic hydroxyl groups excluding tert-OH is 1. The van der Waals surface area contributed by atoms with Crippen molar-refractivity contribution in [3.8, 4) is 0 Å². The summed E-state index contributed by atoms with van der Waals surface area (Å²) in [4.78, 5) is 15.4. The van der Waals surface area contributed by atoms with Crippen molar-refractivity contribution in [1.82, 2.24) is 10.3 Å². The molecule has 1 aromatic heterocycles. The molecule has 1 amide bonds. The Morgan fingerprint density at radius 3 is 2.52 bits per heavy atom. The third kappa shape index (κ3) is 4.53. The van der Waals surface area contributed by atoms with Gasteiger partial charge in [0.2, 0.25) is 0 Å². The van der Waals surface area contributed by atoms with Crippen molar-refractivity contribution in [2.24, 2.45) is 0 Å². The number of benzene rings is 1. The number of carbonyl (C=O) groups is 1. The van der Waals surface area contributed by atoms with Gasteiger partial charge in [-0.2, -0.15) is 13.2 Å². The van der Waals surface area contributed by atoms with Gasteiger partial charge in [-0.05, 0) is 24.1 Å². The topological polar surface area (TPSA) is 62.2 Å². The standard InChI is InChI=1S/C16H15F3N2O2/c17-16(18,19)12-7-4-9-20-14(12)15(23)21-10-8-13(22)11-5-2-1-3-6-11/h1-7,9,13,22H,8,10H2,(H,21,23). The quantitative estimate of drug-likeness (QED) is 0.889. The number of alkyl halides is 3. The molecular formula is C16H15F3N2O2. The van der Waals surface area contributed by atoms with Crippen LogP contribution in [0.2, 0.25) is 0 Å². The first kappa shape index (κ1) is 17.0. The average molecular weight is 324 g/mol. The number of rotatable bonds is 5. The molecule has 2 rings (SSSR count). The van der Waals surface area contributed by atoms with Crippen LogP contribution in [0.1, 0.15) is 34.1 Å². The summed E-state index contributed by atoms with van der Waals surface area (Å²) in [6.07, 6.45) is -4.14. The van der Waals surface area contributed by atoms with Gasteiger partial charge in [-0.1, -0.05) is 30.3 Å². The van der Waals surface area contributed by atoms with E-state index in [1.54, 1.807) is 30.3 Å². The Morgan fingerprint density at radius 1 is 1.17 bits per heavy atom. The molecule has 0 saturated carbocycles. The zero-order valence-electron chi connectivity index (χ0n) is 12.0. The Morgan fingerprint density at radius 2 is 1.87 bits per heavy atom. The first-order valence-corrected chi connectivity index (χ1v) is 6.93. The predicted molar refractivity (Wildman–Crippen MR) is 77.6 cm³/mol. The van der Waals surface area contributed by atoms with Crippen molar-refractivity contribution in [3.05, 3.63) is 65.5 Å². The molecule has 0 radical (unpaired) electrons. The van der Waals surface area contributed by atoms with Crippen molar-refractivity contribution < 1.29 is 23.1 Å². The summed E-state index contributed by atoms with van der Waals surface area (Å²) < 4.78 is 38.5. The van der Waals surface area contributed by atoms with Crippen LogP contribution in [0.4, 0.5) is 13.2 Å². The largest absolute Gasteiger partial charge is 0.418 e. The highest BCUT2D eigenvalue weighted by Gasteiger charge is 2.35. The molecule has 2 N–H and O–H groups in total. The monoisotopic (exact) mass is 324 g/mol. The van der Waals surface area contributed by atoms with E-state index < -0.39 is 29.4 Å². The lowest BCUT2D eigenvalue weighted by Crippen LogP contribution is -2.29. The smallest absolute Gasteiger partial charge is 0.388 e. The summed E-state index contributed by atoms with van der Waals surface area (Å²) in [7, 11) is 0. The first-order valence-electron chi connectivity index (χ1n) is 6.93. The summed E-state index contributed by atoms with van der Waals surface area (Å²) in [5.41, 5.74) is -1.08. The molecule has 0 bridgehead atoms. The first-order chi connectivity index (χ1) is 10.9. The second kappa shape index (κ2) is 7.23. The third-order valence-corrected chi connectivity index (χ3v) is 3.22. The molecule has 4 nitrogen and oxygen atoms in total. The highest BCUT2D eigenvalue weighted by molar-refractivity contribution is 5.93. The van der Waals surface area contributed by atoms with E-state index in [0.717, 1.165) is 18.3 Å². The van der Waals surface area contributed by atoms with E-state index in [4.69, 9.17) is 0 Å². The normalized spacial score (nSPS) is 12.7. The van der Waals surface area contributed by atoms with Crippen molar-refractivity contribution in [1.29, 1.82) is 0 Å². The van der Waals surface area contributed by atoms with Gasteiger partial charge in [0.25, 0.3) is 5.91 Å². The summed E-state index contributed by atoms with van der Waals surface area (Å²) in [5, 5.41) is 12.3. The minimum atomic E-state index is -4.65. The lowest BCUT2D eigenvalue weighted by Gasteiger charge is -2.13. The van der Waals surface area contributed by atoms with Gasteiger partial charge in [0.05, 0.1) is 11.7 Å². The van der Waals surface area contributed by atoms with Gasteiger partial charge in [0.1, 0.15) is 5.69 Å². The Kier molecular flexibility index (Phi) is 5.33. The van der Waals surface area contributed by atoms with E-state index >= 15 is 0 Å². The van der Waals surface area contributed by atoms with E-state index in [1.807, 2.05) is 0 Å². The Hall–Kier alpha value is -2.41. The van der Waals surface area contributed by atoms with Crippen LogP contribution in [0.15, 0.2) is 48.7 Å². The lowest BCUT2D eigenvalue weighted by atomic mass is 10.1. The van der Waals surface area contributed by atoms with Gasteiger partial charge >= 0.3 is 6.18 Å². The second-order valence-electron chi connectivity index (χ2n) is 4.87. The number of nitrogens with zero attached hydrogens (tertiary/aromatic N) is 1. The molecule has 0 fully saturated rings. The fourth-order valence-corrected chi connectivity index (χ4v) is 2.06.